The minimum absolute atomic E-state index is 0.254. The Morgan fingerprint density at radius 1 is 1.24 bits per heavy atom. The highest BCUT2D eigenvalue weighted by Crippen LogP contribution is 2.03. The van der Waals surface area contributed by atoms with E-state index in [4.69, 9.17) is 4.74 Å². The van der Waals surface area contributed by atoms with Crippen molar-refractivity contribution in [2.75, 3.05) is 25.6 Å². The summed E-state index contributed by atoms with van der Waals surface area (Å²) >= 11 is 0. The van der Waals surface area contributed by atoms with Crippen molar-refractivity contribution in [2.45, 2.75) is 6.54 Å². The van der Waals surface area contributed by atoms with Crippen molar-refractivity contribution in [3.63, 3.8) is 0 Å². The first kappa shape index (κ1) is 14.9. The lowest BCUT2D eigenvalue weighted by atomic mass is 10.3. The van der Waals surface area contributed by atoms with E-state index in [-0.39, 0.29) is 5.91 Å². The van der Waals surface area contributed by atoms with Gasteiger partial charge in [-0.1, -0.05) is 6.07 Å². The largest absolute Gasteiger partial charge is 0.383 e. The number of pyridine rings is 1. The Labute approximate surface area is 122 Å². The summed E-state index contributed by atoms with van der Waals surface area (Å²) in [4.78, 5) is 24.3. The van der Waals surface area contributed by atoms with Crippen molar-refractivity contribution < 1.29 is 9.53 Å². The third kappa shape index (κ3) is 4.81. The van der Waals surface area contributed by atoms with Crippen LogP contribution < -0.4 is 10.6 Å². The average Bonchev–Trinajstić information content (AvgIpc) is 2.54. The molecule has 7 nitrogen and oxygen atoms in total. The number of aromatic nitrogens is 3. The van der Waals surface area contributed by atoms with Crippen LogP contribution in [0.1, 0.15) is 16.2 Å². The van der Waals surface area contributed by atoms with Crippen LogP contribution in [0.25, 0.3) is 0 Å². The highest BCUT2D eigenvalue weighted by Gasteiger charge is 2.08. The molecule has 0 aromatic carbocycles. The summed E-state index contributed by atoms with van der Waals surface area (Å²) in [6, 6.07) is 7.22. The highest BCUT2D eigenvalue weighted by molar-refractivity contribution is 5.92. The van der Waals surface area contributed by atoms with Gasteiger partial charge in [0.2, 0.25) is 5.95 Å². The lowest BCUT2D eigenvalue weighted by Gasteiger charge is -2.07. The molecule has 0 aliphatic rings. The molecule has 0 radical (unpaired) electrons. The second-order valence-electron chi connectivity index (χ2n) is 4.19. The molecule has 2 aromatic rings. The monoisotopic (exact) mass is 287 g/mol. The highest BCUT2D eigenvalue weighted by atomic mass is 16.5. The van der Waals surface area contributed by atoms with E-state index in [1.807, 2.05) is 18.2 Å². The molecule has 0 spiro atoms. The van der Waals surface area contributed by atoms with Crippen molar-refractivity contribution in [3.05, 3.63) is 48.0 Å². The van der Waals surface area contributed by atoms with Gasteiger partial charge in [0, 0.05) is 26.0 Å². The lowest BCUT2D eigenvalue weighted by molar-refractivity contribution is 0.0932. The molecule has 0 saturated carbocycles. The minimum Gasteiger partial charge on any atom is -0.383 e. The quantitative estimate of drug-likeness (QED) is 0.734. The van der Waals surface area contributed by atoms with E-state index >= 15 is 0 Å². The maximum atomic E-state index is 11.8. The molecule has 7 heteroatoms. The van der Waals surface area contributed by atoms with Gasteiger partial charge in [-0.3, -0.25) is 9.78 Å². The smallest absolute Gasteiger partial charge is 0.270 e. The Hall–Kier alpha value is -2.54. The van der Waals surface area contributed by atoms with E-state index in [2.05, 4.69) is 25.6 Å². The normalized spacial score (nSPS) is 10.1. The first-order valence-corrected chi connectivity index (χ1v) is 6.53. The van der Waals surface area contributed by atoms with E-state index in [1.54, 1.807) is 25.6 Å². The van der Waals surface area contributed by atoms with E-state index in [0.29, 0.717) is 31.3 Å². The van der Waals surface area contributed by atoms with Crippen LogP contribution in [-0.2, 0) is 11.3 Å². The predicted molar refractivity (Wildman–Crippen MR) is 77.8 cm³/mol. The Balaban J connectivity index is 1.92. The number of ether oxygens (including phenoxy) is 1. The van der Waals surface area contributed by atoms with Crippen molar-refractivity contribution in [1.29, 1.82) is 0 Å². The number of nitrogens with one attached hydrogen (secondary N) is 2. The van der Waals surface area contributed by atoms with Crippen LogP contribution in [0.4, 0.5) is 5.95 Å². The van der Waals surface area contributed by atoms with Gasteiger partial charge in [-0.25, -0.2) is 9.97 Å². The number of amides is 1. The number of anilines is 1. The fourth-order valence-electron chi connectivity index (χ4n) is 1.60. The number of carbonyl (C=O) groups is 1. The molecule has 2 aromatic heterocycles. The summed E-state index contributed by atoms with van der Waals surface area (Å²) in [6.07, 6.45) is 3.26. The molecular weight excluding hydrogens is 270 g/mol. The van der Waals surface area contributed by atoms with Gasteiger partial charge in [0.1, 0.15) is 5.69 Å². The van der Waals surface area contributed by atoms with E-state index in [0.717, 1.165) is 5.69 Å². The molecule has 0 aliphatic heterocycles. The number of rotatable bonds is 7. The zero-order chi connectivity index (χ0) is 14.9. The third-order valence-electron chi connectivity index (χ3n) is 2.63. The molecule has 0 unspecified atom stereocenters. The summed E-state index contributed by atoms with van der Waals surface area (Å²) in [5, 5.41) is 5.74. The molecule has 0 aliphatic carbocycles. The summed E-state index contributed by atoms with van der Waals surface area (Å²) in [5.41, 5.74) is 1.18. The fraction of sp³-hybridized carbons (Fsp3) is 0.286. The Morgan fingerprint density at radius 2 is 2.14 bits per heavy atom. The molecule has 0 fully saturated rings. The first-order chi connectivity index (χ1) is 10.3. The molecular formula is C14H17N5O2. The van der Waals surface area contributed by atoms with E-state index in [1.165, 1.54) is 0 Å². The molecule has 2 heterocycles. The summed E-state index contributed by atoms with van der Waals surface area (Å²) in [5.74, 6) is 0.135. The summed E-state index contributed by atoms with van der Waals surface area (Å²) in [6.45, 7) is 1.40. The van der Waals surface area contributed by atoms with Gasteiger partial charge in [-0.15, -0.1) is 0 Å². The molecule has 21 heavy (non-hydrogen) atoms. The van der Waals surface area contributed by atoms with Crippen LogP contribution in [0.3, 0.4) is 0 Å². The maximum Gasteiger partial charge on any atom is 0.270 e. The van der Waals surface area contributed by atoms with E-state index in [9.17, 15) is 4.79 Å². The molecule has 0 saturated heterocycles. The number of methoxy groups -OCH3 is 1. The van der Waals surface area contributed by atoms with Crippen LogP contribution in [0.5, 0.6) is 0 Å². The topological polar surface area (TPSA) is 89.0 Å². The van der Waals surface area contributed by atoms with Crippen molar-refractivity contribution in [2.24, 2.45) is 0 Å². The number of hydrogen-bond donors (Lipinski definition) is 2. The van der Waals surface area contributed by atoms with Gasteiger partial charge in [0.25, 0.3) is 5.91 Å². The fourth-order valence-corrected chi connectivity index (χ4v) is 1.60. The van der Waals surface area contributed by atoms with Gasteiger partial charge in [-0.2, -0.15) is 0 Å². The Kier molecular flexibility index (Phi) is 5.60. The lowest BCUT2D eigenvalue weighted by Crippen LogP contribution is -2.28. The zero-order valence-corrected chi connectivity index (χ0v) is 11.7. The van der Waals surface area contributed by atoms with Gasteiger partial charge < -0.3 is 15.4 Å². The molecule has 2 N–H and O–H groups in total. The predicted octanol–water partition coefficient (Wildman–Crippen LogP) is 0.860. The van der Waals surface area contributed by atoms with Gasteiger partial charge >= 0.3 is 0 Å². The second kappa shape index (κ2) is 7.91. The van der Waals surface area contributed by atoms with Gasteiger partial charge in [0.15, 0.2) is 0 Å². The second-order valence-corrected chi connectivity index (χ2v) is 4.19. The first-order valence-electron chi connectivity index (χ1n) is 6.53. The van der Waals surface area contributed by atoms with Crippen molar-refractivity contribution in [1.82, 2.24) is 20.3 Å². The Bertz CT molecular complexity index is 577. The maximum absolute atomic E-state index is 11.8. The molecule has 0 bridgehead atoms. The van der Waals surface area contributed by atoms with Crippen LogP contribution in [0, 0.1) is 0 Å². The number of hydrogen-bond acceptors (Lipinski definition) is 6. The molecule has 1 amide bonds. The van der Waals surface area contributed by atoms with Crippen LogP contribution >= 0.6 is 0 Å². The minimum atomic E-state index is -0.254. The molecule has 110 valence electrons. The number of carbonyl (C=O) groups excluding carboxylic acids is 1. The van der Waals surface area contributed by atoms with Crippen LogP contribution in [-0.4, -0.2) is 41.1 Å². The third-order valence-corrected chi connectivity index (χ3v) is 2.63. The van der Waals surface area contributed by atoms with Gasteiger partial charge in [0.05, 0.1) is 18.8 Å². The van der Waals surface area contributed by atoms with Crippen molar-refractivity contribution >= 4 is 11.9 Å². The zero-order valence-electron chi connectivity index (χ0n) is 11.7. The molecule has 2 rings (SSSR count). The molecule has 0 atom stereocenters. The number of nitrogens with zero attached hydrogens (tertiary/aromatic N) is 3. The SMILES string of the molecule is COCCNC(=O)c1ccnc(NCc2ccccn2)n1. The summed E-state index contributed by atoms with van der Waals surface area (Å²) < 4.78 is 4.87. The standard InChI is InChI=1S/C14H17N5O2/c1-21-9-8-16-13(20)12-5-7-17-14(19-12)18-10-11-4-2-3-6-15-11/h2-7H,8-10H2,1H3,(H,16,20)(H,17,18,19). The average molecular weight is 287 g/mol. The Morgan fingerprint density at radius 3 is 2.90 bits per heavy atom. The van der Waals surface area contributed by atoms with Crippen LogP contribution in [0.15, 0.2) is 36.7 Å². The van der Waals surface area contributed by atoms with E-state index < -0.39 is 0 Å². The van der Waals surface area contributed by atoms with Crippen LogP contribution in [0.2, 0.25) is 0 Å². The van der Waals surface area contributed by atoms with Gasteiger partial charge in [-0.05, 0) is 18.2 Å². The van der Waals surface area contributed by atoms with Crippen molar-refractivity contribution in [3.8, 4) is 0 Å². The summed E-state index contributed by atoms with van der Waals surface area (Å²) in [7, 11) is 1.58.